The Morgan fingerprint density at radius 2 is 2.00 bits per heavy atom. The monoisotopic (exact) mass is 249 g/mol. The van der Waals surface area contributed by atoms with Gasteiger partial charge in [-0.05, 0) is 31.4 Å². The highest BCUT2D eigenvalue weighted by atomic mass is 16.5. The minimum Gasteiger partial charge on any atom is -0.493 e. The van der Waals surface area contributed by atoms with Crippen LogP contribution < -0.4 is 9.47 Å². The predicted octanol–water partition coefficient (Wildman–Crippen LogP) is 2.05. The molecule has 0 fully saturated rings. The van der Waals surface area contributed by atoms with Gasteiger partial charge in [0.2, 0.25) is 5.78 Å². The number of fused-ring (bicyclic) bond motifs is 1. The van der Waals surface area contributed by atoms with Gasteiger partial charge in [-0.2, -0.15) is 0 Å². The zero-order valence-corrected chi connectivity index (χ0v) is 10.4. The van der Waals surface area contributed by atoms with E-state index in [9.17, 15) is 4.79 Å². The molecular weight excluding hydrogens is 234 g/mol. The Hall–Kier alpha value is -2.04. The number of carbonyl (C=O) groups excluding carboxylic acids is 1. The summed E-state index contributed by atoms with van der Waals surface area (Å²) in [5, 5.41) is 11.9. The number of nitrogens with zero attached hydrogens (tertiary/aromatic N) is 1. The van der Waals surface area contributed by atoms with E-state index in [2.05, 4.69) is 5.16 Å². The van der Waals surface area contributed by atoms with Gasteiger partial charge in [0.1, 0.15) is 5.71 Å². The first kappa shape index (κ1) is 12.4. The number of hydrogen-bond acceptors (Lipinski definition) is 5. The molecule has 1 aromatic carbocycles. The molecular formula is C13H15NO4. The zero-order valence-electron chi connectivity index (χ0n) is 10.4. The maximum absolute atomic E-state index is 12.1. The van der Waals surface area contributed by atoms with Crippen LogP contribution in [0.1, 0.15) is 28.8 Å². The van der Waals surface area contributed by atoms with Crippen molar-refractivity contribution in [1.82, 2.24) is 0 Å². The fourth-order valence-corrected chi connectivity index (χ4v) is 2.25. The van der Waals surface area contributed by atoms with Crippen LogP contribution in [0.2, 0.25) is 0 Å². The van der Waals surface area contributed by atoms with Crippen LogP contribution in [0.3, 0.4) is 0 Å². The van der Waals surface area contributed by atoms with Crippen molar-refractivity contribution in [3.05, 3.63) is 23.3 Å². The van der Waals surface area contributed by atoms with Crippen molar-refractivity contribution < 1.29 is 19.5 Å². The minimum atomic E-state index is -0.244. The number of benzene rings is 1. The van der Waals surface area contributed by atoms with Crippen molar-refractivity contribution in [2.75, 3.05) is 14.2 Å². The first-order valence-electron chi connectivity index (χ1n) is 5.72. The van der Waals surface area contributed by atoms with Crippen molar-refractivity contribution in [1.29, 1.82) is 0 Å². The molecule has 0 spiro atoms. The molecule has 0 saturated heterocycles. The molecule has 2 rings (SSSR count). The zero-order chi connectivity index (χ0) is 13.1. The van der Waals surface area contributed by atoms with E-state index in [4.69, 9.17) is 14.7 Å². The van der Waals surface area contributed by atoms with Gasteiger partial charge in [0, 0.05) is 11.1 Å². The average Bonchev–Trinajstić information content (AvgIpc) is 2.57. The third kappa shape index (κ3) is 1.92. The van der Waals surface area contributed by atoms with E-state index in [1.807, 2.05) is 0 Å². The molecule has 1 N–H and O–H groups in total. The summed E-state index contributed by atoms with van der Waals surface area (Å²) in [5.74, 6) is 0.946. The van der Waals surface area contributed by atoms with Crippen molar-refractivity contribution in [2.24, 2.45) is 5.16 Å². The quantitative estimate of drug-likeness (QED) is 0.495. The maximum atomic E-state index is 12.1. The largest absolute Gasteiger partial charge is 0.493 e. The number of methoxy groups -OCH3 is 2. The molecule has 1 aliphatic rings. The van der Waals surface area contributed by atoms with Crippen molar-refractivity contribution in [3.8, 4) is 11.5 Å². The van der Waals surface area contributed by atoms with E-state index >= 15 is 0 Å². The molecule has 0 saturated carbocycles. The molecule has 0 aromatic heterocycles. The van der Waals surface area contributed by atoms with Crippen LogP contribution in [0.4, 0.5) is 0 Å². The summed E-state index contributed by atoms with van der Waals surface area (Å²) in [7, 11) is 3.11. The molecule has 18 heavy (non-hydrogen) atoms. The molecule has 96 valence electrons. The molecule has 0 atom stereocenters. The van der Waals surface area contributed by atoms with Crippen LogP contribution in [-0.4, -0.2) is 30.9 Å². The second-order valence-electron chi connectivity index (χ2n) is 4.06. The normalized spacial score (nSPS) is 17.2. The number of hydrogen-bond donors (Lipinski definition) is 1. The Balaban J connectivity index is 2.60. The number of rotatable bonds is 2. The third-order valence-electron chi connectivity index (χ3n) is 3.12. The van der Waals surface area contributed by atoms with Crippen LogP contribution in [0.5, 0.6) is 11.5 Å². The van der Waals surface area contributed by atoms with E-state index in [-0.39, 0.29) is 11.5 Å². The summed E-state index contributed by atoms with van der Waals surface area (Å²) in [4.78, 5) is 12.1. The van der Waals surface area contributed by atoms with Gasteiger partial charge in [-0.3, -0.25) is 4.79 Å². The predicted molar refractivity (Wildman–Crippen MR) is 66.0 cm³/mol. The van der Waals surface area contributed by atoms with Crippen LogP contribution in [0, 0.1) is 0 Å². The molecule has 0 amide bonds. The fraction of sp³-hybridized carbons (Fsp3) is 0.385. The first-order valence-corrected chi connectivity index (χ1v) is 5.72. The molecule has 1 aromatic rings. The molecule has 1 aliphatic carbocycles. The molecule has 5 heteroatoms. The maximum Gasteiger partial charge on any atom is 0.210 e. The van der Waals surface area contributed by atoms with Crippen LogP contribution in [0.15, 0.2) is 17.3 Å². The van der Waals surface area contributed by atoms with Gasteiger partial charge >= 0.3 is 0 Å². The summed E-state index contributed by atoms with van der Waals surface area (Å²) in [6.07, 6.45) is 1.90. The fourth-order valence-electron chi connectivity index (χ4n) is 2.25. The Kier molecular flexibility index (Phi) is 3.50. The smallest absolute Gasteiger partial charge is 0.210 e. The van der Waals surface area contributed by atoms with Gasteiger partial charge in [0.15, 0.2) is 11.5 Å². The Morgan fingerprint density at radius 1 is 1.22 bits per heavy atom. The van der Waals surface area contributed by atoms with E-state index in [1.165, 1.54) is 0 Å². The van der Waals surface area contributed by atoms with Gasteiger partial charge in [-0.25, -0.2) is 0 Å². The van der Waals surface area contributed by atoms with Gasteiger partial charge in [-0.15, -0.1) is 0 Å². The highest BCUT2D eigenvalue weighted by Gasteiger charge is 2.26. The standard InChI is InChI=1S/C13H15NO4/c1-17-11-7-6-8-9(13(11)18-2)4-3-5-10(14-16)12(8)15/h6-7,16H,3-5H2,1-2H3/b14-10-. The summed E-state index contributed by atoms with van der Waals surface area (Å²) >= 11 is 0. The number of ether oxygens (including phenoxy) is 2. The Bertz CT molecular complexity index is 508. The van der Waals surface area contributed by atoms with Gasteiger partial charge in [0.25, 0.3) is 0 Å². The Morgan fingerprint density at radius 3 is 2.61 bits per heavy atom. The minimum absolute atomic E-state index is 0.195. The SMILES string of the molecule is COc1ccc2c(c1OC)CCC/C(=N/O)C2=O. The summed E-state index contributed by atoms with van der Waals surface area (Å²) in [5.41, 5.74) is 1.54. The number of carbonyl (C=O) groups is 1. The molecule has 0 radical (unpaired) electrons. The molecule has 0 bridgehead atoms. The highest BCUT2D eigenvalue weighted by molar-refractivity contribution is 6.46. The summed E-state index contributed by atoms with van der Waals surface area (Å²) in [6, 6.07) is 3.38. The lowest BCUT2D eigenvalue weighted by Gasteiger charge is -2.14. The van der Waals surface area contributed by atoms with Crippen LogP contribution >= 0.6 is 0 Å². The van der Waals surface area contributed by atoms with E-state index in [0.29, 0.717) is 29.9 Å². The lowest BCUT2D eigenvalue weighted by atomic mass is 10.00. The van der Waals surface area contributed by atoms with Crippen LogP contribution in [0.25, 0.3) is 0 Å². The van der Waals surface area contributed by atoms with Gasteiger partial charge in [-0.1, -0.05) is 5.16 Å². The van der Waals surface area contributed by atoms with Crippen molar-refractivity contribution in [2.45, 2.75) is 19.3 Å². The first-order chi connectivity index (χ1) is 8.72. The molecule has 0 aliphatic heterocycles. The Labute approximate surface area is 105 Å². The second kappa shape index (κ2) is 5.08. The molecule has 0 heterocycles. The highest BCUT2D eigenvalue weighted by Crippen LogP contribution is 2.36. The summed E-state index contributed by atoms with van der Waals surface area (Å²) < 4.78 is 10.5. The van der Waals surface area contributed by atoms with E-state index < -0.39 is 0 Å². The third-order valence-corrected chi connectivity index (χ3v) is 3.12. The lowest BCUT2D eigenvalue weighted by Crippen LogP contribution is -2.13. The van der Waals surface area contributed by atoms with Crippen molar-refractivity contribution in [3.63, 3.8) is 0 Å². The number of Topliss-reactive ketones (excluding diaryl/α,β-unsaturated/α-hetero) is 1. The van der Waals surface area contributed by atoms with Crippen molar-refractivity contribution >= 4 is 11.5 Å². The van der Waals surface area contributed by atoms with Gasteiger partial charge < -0.3 is 14.7 Å². The lowest BCUT2D eigenvalue weighted by molar-refractivity contribution is 0.105. The second-order valence-corrected chi connectivity index (χ2v) is 4.06. The van der Waals surface area contributed by atoms with E-state index in [0.717, 1.165) is 12.0 Å². The van der Waals surface area contributed by atoms with Crippen LogP contribution in [-0.2, 0) is 6.42 Å². The number of ketones is 1. The number of oxime groups is 1. The van der Waals surface area contributed by atoms with E-state index in [1.54, 1.807) is 26.4 Å². The average molecular weight is 249 g/mol. The summed E-state index contributed by atoms with van der Waals surface area (Å²) in [6.45, 7) is 0. The molecule has 5 nitrogen and oxygen atoms in total. The molecule has 0 unspecified atom stereocenters. The van der Waals surface area contributed by atoms with Gasteiger partial charge in [0.05, 0.1) is 14.2 Å². The topological polar surface area (TPSA) is 68.1 Å².